The molecule has 3 heteroatoms. The van der Waals surface area contributed by atoms with Crippen LogP contribution in [-0.4, -0.2) is 46.9 Å². The van der Waals surface area contributed by atoms with Crippen LogP contribution in [0.1, 0.15) is 67.2 Å². The molecule has 2 radical (unpaired) electrons. The van der Waals surface area contributed by atoms with Crippen LogP contribution in [0.3, 0.4) is 0 Å². The predicted molar refractivity (Wildman–Crippen MR) is 78.8 cm³/mol. The third-order valence-corrected chi connectivity index (χ3v) is 4.65. The standard InChI is InChI=1S/C15H29BN2/c1-14(2,3)17-11-7-8-12(17)10-13(9-11)18(16)15(4,5)6/h11-13H,7-10H2,1-6H3. The van der Waals surface area contributed by atoms with Gasteiger partial charge in [0.15, 0.2) is 7.98 Å². The minimum Gasteiger partial charge on any atom is -0.346 e. The molecule has 2 rings (SSSR count). The average Bonchev–Trinajstić information content (AvgIpc) is 2.48. The molecule has 0 spiro atoms. The largest absolute Gasteiger partial charge is 0.346 e. The minimum atomic E-state index is 0.0774. The molecule has 0 aromatic carbocycles. The molecule has 2 unspecified atom stereocenters. The molecule has 2 aliphatic rings. The van der Waals surface area contributed by atoms with Gasteiger partial charge in [-0.1, -0.05) is 0 Å². The summed E-state index contributed by atoms with van der Waals surface area (Å²) >= 11 is 0. The summed E-state index contributed by atoms with van der Waals surface area (Å²) in [6.45, 7) is 13.7. The van der Waals surface area contributed by atoms with E-state index in [4.69, 9.17) is 7.98 Å². The molecular weight excluding hydrogens is 219 g/mol. The van der Waals surface area contributed by atoms with Crippen molar-refractivity contribution in [2.75, 3.05) is 0 Å². The van der Waals surface area contributed by atoms with E-state index >= 15 is 0 Å². The quantitative estimate of drug-likeness (QED) is 0.658. The van der Waals surface area contributed by atoms with E-state index in [2.05, 4.69) is 51.3 Å². The van der Waals surface area contributed by atoms with Gasteiger partial charge in [0, 0.05) is 29.2 Å². The van der Waals surface area contributed by atoms with Crippen molar-refractivity contribution in [1.29, 1.82) is 0 Å². The van der Waals surface area contributed by atoms with Crippen molar-refractivity contribution < 1.29 is 0 Å². The third-order valence-electron chi connectivity index (χ3n) is 4.65. The molecule has 0 aromatic rings. The van der Waals surface area contributed by atoms with Crippen LogP contribution in [0.4, 0.5) is 0 Å². The summed E-state index contributed by atoms with van der Waals surface area (Å²) in [6, 6.07) is 2.03. The monoisotopic (exact) mass is 248 g/mol. The summed E-state index contributed by atoms with van der Waals surface area (Å²) in [7, 11) is 6.35. The van der Waals surface area contributed by atoms with Gasteiger partial charge in [0.25, 0.3) is 0 Å². The van der Waals surface area contributed by atoms with Gasteiger partial charge in [-0.2, -0.15) is 0 Å². The Morgan fingerprint density at radius 1 is 0.944 bits per heavy atom. The first-order chi connectivity index (χ1) is 8.10. The van der Waals surface area contributed by atoms with Crippen LogP contribution in [0.15, 0.2) is 0 Å². The summed E-state index contributed by atoms with van der Waals surface area (Å²) in [4.78, 5) is 4.86. The summed E-state index contributed by atoms with van der Waals surface area (Å²) in [5, 5.41) is 0. The lowest BCUT2D eigenvalue weighted by Gasteiger charge is -2.51. The van der Waals surface area contributed by atoms with Gasteiger partial charge in [0.05, 0.1) is 0 Å². The summed E-state index contributed by atoms with van der Waals surface area (Å²) in [5.74, 6) is 0. The van der Waals surface area contributed by atoms with Gasteiger partial charge in [-0.3, -0.25) is 4.90 Å². The van der Waals surface area contributed by atoms with Crippen LogP contribution in [0.2, 0.25) is 0 Å². The van der Waals surface area contributed by atoms with Gasteiger partial charge >= 0.3 is 0 Å². The summed E-state index contributed by atoms with van der Waals surface area (Å²) < 4.78 is 0. The van der Waals surface area contributed by atoms with Crippen molar-refractivity contribution in [2.24, 2.45) is 0 Å². The highest BCUT2D eigenvalue weighted by atomic mass is 15.3. The SMILES string of the molecule is [B]N(C1CC2CCC(C1)N2C(C)(C)C)C(C)(C)C. The fraction of sp³-hybridized carbons (Fsp3) is 1.00. The molecule has 0 saturated carbocycles. The van der Waals surface area contributed by atoms with E-state index in [9.17, 15) is 0 Å². The topological polar surface area (TPSA) is 6.48 Å². The van der Waals surface area contributed by atoms with Gasteiger partial charge in [-0.05, 0) is 67.2 Å². The van der Waals surface area contributed by atoms with Crippen LogP contribution in [0.25, 0.3) is 0 Å². The van der Waals surface area contributed by atoms with Crippen molar-refractivity contribution in [2.45, 2.75) is 96.4 Å². The second kappa shape index (κ2) is 4.52. The van der Waals surface area contributed by atoms with Gasteiger partial charge in [0.2, 0.25) is 0 Å². The first-order valence-electron chi connectivity index (χ1n) is 7.43. The van der Waals surface area contributed by atoms with E-state index in [0.29, 0.717) is 11.6 Å². The van der Waals surface area contributed by atoms with Crippen LogP contribution >= 0.6 is 0 Å². The van der Waals surface area contributed by atoms with Crippen molar-refractivity contribution in [3.63, 3.8) is 0 Å². The number of hydrogen-bond acceptors (Lipinski definition) is 2. The fourth-order valence-corrected chi connectivity index (χ4v) is 4.02. The summed E-state index contributed by atoms with van der Waals surface area (Å²) in [5.41, 5.74) is 0.381. The Hall–Kier alpha value is -0.0151. The van der Waals surface area contributed by atoms with E-state index < -0.39 is 0 Å². The zero-order chi connectivity index (χ0) is 13.7. The van der Waals surface area contributed by atoms with Crippen LogP contribution in [-0.2, 0) is 0 Å². The third kappa shape index (κ3) is 2.62. The van der Waals surface area contributed by atoms with Crippen molar-refractivity contribution >= 4 is 7.98 Å². The lowest BCUT2D eigenvalue weighted by Crippen LogP contribution is -2.58. The Morgan fingerprint density at radius 2 is 1.39 bits per heavy atom. The smallest absolute Gasteiger partial charge is 0.183 e. The minimum absolute atomic E-state index is 0.0774. The number of rotatable bonds is 1. The zero-order valence-corrected chi connectivity index (χ0v) is 13.0. The number of hydrogen-bond donors (Lipinski definition) is 0. The van der Waals surface area contributed by atoms with Crippen molar-refractivity contribution in [3.8, 4) is 0 Å². The molecule has 0 aromatic heterocycles. The molecule has 102 valence electrons. The molecular formula is C15H29BN2. The van der Waals surface area contributed by atoms with E-state index in [1.165, 1.54) is 25.7 Å². The van der Waals surface area contributed by atoms with Gasteiger partial charge in [-0.25, -0.2) is 0 Å². The molecule has 18 heavy (non-hydrogen) atoms. The molecule has 2 aliphatic heterocycles. The molecule has 2 atom stereocenters. The van der Waals surface area contributed by atoms with Gasteiger partial charge < -0.3 is 4.81 Å². The highest BCUT2D eigenvalue weighted by Crippen LogP contribution is 2.42. The van der Waals surface area contributed by atoms with Gasteiger partial charge in [-0.15, -0.1) is 0 Å². The molecule has 2 heterocycles. The first-order valence-corrected chi connectivity index (χ1v) is 7.43. The maximum Gasteiger partial charge on any atom is 0.183 e. The lowest BCUT2D eigenvalue weighted by atomic mass is 9.86. The highest BCUT2D eigenvalue weighted by molar-refractivity contribution is 6.05. The molecule has 2 bridgehead atoms. The second-order valence-electron chi connectivity index (χ2n) is 8.17. The first kappa shape index (κ1) is 14.4. The highest BCUT2D eigenvalue weighted by Gasteiger charge is 2.46. The fourth-order valence-electron chi connectivity index (χ4n) is 4.02. The maximum absolute atomic E-state index is 6.35. The van der Waals surface area contributed by atoms with Crippen LogP contribution in [0, 0.1) is 0 Å². The lowest BCUT2D eigenvalue weighted by molar-refractivity contribution is 0.00627. The Labute approximate surface area is 115 Å². The maximum atomic E-state index is 6.35. The Balaban J connectivity index is 2.09. The Morgan fingerprint density at radius 3 is 1.72 bits per heavy atom. The molecule has 0 aliphatic carbocycles. The van der Waals surface area contributed by atoms with Crippen molar-refractivity contribution in [1.82, 2.24) is 9.71 Å². The van der Waals surface area contributed by atoms with E-state index in [-0.39, 0.29) is 5.54 Å². The summed E-state index contributed by atoms with van der Waals surface area (Å²) in [6.07, 6.45) is 5.19. The van der Waals surface area contributed by atoms with E-state index in [1.807, 2.05) is 0 Å². The Bertz CT molecular complexity index is 289. The molecule has 2 nitrogen and oxygen atoms in total. The Kier molecular flexibility index (Phi) is 3.62. The normalized spacial score (nSPS) is 34.3. The molecule has 2 fully saturated rings. The van der Waals surface area contributed by atoms with E-state index in [1.54, 1.807) is 0 Å². The number of nitrogens with zero attached hydrogens (tertiary/aromatic N) is 2. The van der Waals surface area contributed by atoms with Crippen LogP contribution < -0.4 is 0 Å². The average molecular weight is 248 g/mol. The van der Waals surface area contributed by atoms with Crippen molar-refractivity contribution in [3.05, 3.63) is 0 Å². The molecule has 0 N–H and O–H groups in total. The number of fused-ring (bicyclic) bond motifs is 2. The van der Waals surface area contributed by atoms with Gasteiger partial charge in [0.1, 0.15) is 0 Å². The molecule has 2 saturated heterocycles. The molecule has 0 amide bonds. The number of piperidine rings is 1. The van der Waals surface area contributed by atoms with E-state index in [0.717, 1.165) is 12.1 Å². The second-order valence-corrected chi connectivity index (χ2v) is 8.17. The van der Waals surface area contributed by atoms with Crippen LogP contribution in [0.5, 0.6) is 0 Å². The zero-order valence-electron chi connectivity index (χ0n) is 13.0. The predicted octanol–water partition coefficient (Wildman–Crippen LogP) is 2.96.